The van der Waals surface area contributed by atoms with Gasteiger partial charge in [-0.15, -0.1) is 0 Å². The fraction of sp³-hybridized carbons (Fsp3) is 0.333. The van der Waals surface area contributed by atoms with Crippen molar-refractivity contribution in [3.05, 3.63) is 77.0 Å². The van der Waals surface area contributed by atoms with Crippen molar-refractivity contribution in [1.82, 2.24) is 14.9 Å². The Kier molecular flexibility index (Phi) is 6.99. The second-order valence-corrected chi connectivity index (χ2v) is 8.58. The van der Waals surface area contributed by atoms with E-state index in [9.17, 15) is 4.79 Å². The largest absolute Gasteiger partial charge is 0.351 e. The number of nitriles is 1. The molecule has 1 aromatic heterocycles. The predicted octanol–water partition coefficient (Wildman–Crippen LogP) is 5.34. The van der Waals surface area contributed by atoms with Gasteiger partial charge < -0.3 is 10.2 Å². The van der Waals surface area contributed by atoms with Crippen molar-refractivity contribution in [2.45, 2.75) is 52.1 Å². The van der Waals surface area contributed by atoms with Crippen LogP contribution in [0, 0.1) is 18.3 Å². The van der Waals surface area contributed by atoms with Gasteiger partial charge in [-0.1, -0.05) is 54.8 Å². The number of nitrogens with one attached hydrogen (secondary N) is 1. The van der Waals surface area contributed by atoms with E-state index in [1.54, 1.807) is 18.3 Å². The molecule has 1 saturated carbocycles. The monoisotopic (exact) mass is 439 g/mol. The van der Waals surface area contributed by atoms with Crippen LogP contribution in [0.3, 0.4) is 0 Å². The summed E-state index contributed by atoms with van der Waals surface area (Å²) in [4.78, 5) is 24.7. The summed E-state index contributed by atoms with van der Waals surface area (Å²) in [5.74, 6) is 0.435. The molecule has 0 bridgehead atoms. The van der Waals surface area contributed by atoms with Crippen LogP contribution in [0.1, 0.15) is 59.7 Å². The van der Waals surface area contributed by atoms with Crippen LogP contribution in [-0.4, -0.2) is 33.4 Å². The summed E-state index contributed by atoms with van der Waals surface area (Å²) in [7, 11) is 0. The summed E-state index contributed by atoms with van der Waals surface area (Å²) in [5.41, 5.74) is 4.67. The molecule has 0 saturated heterocycles. The number of anilines is 1. The molecule has 6 heteroatoms. The summed E-state index contributed by atoms with van der Waals surface area (Å²) in [6.07, 6.45) is 6.27. The topological polar surface area (TPSA) is 81.9 Å². The van der Waals surface area contributed by atoms with Gasteiger partial charge in [0.25, 0.3) is 5.91 Å². The first-order chi connectivity index (χ1) is 16.1. The molecule has 1 aliphatic rings. The first kappa shape index (κ1) is 22.5. The lowest BCUT2D eigenvalue weighted by Gasteiger charge is -2.23. The van der Waals surface area contributed by atoms with E-state index in [4.69, 9.17) is 10.2 Å². The van der Waals surface area contributed by atoms with Crippen molar-refractivity contribution in [2.75, 3.05) is 11.9 Å². The molecule has 1 heterocycles. The van der Waals surface area contributed by atoms with E-state index in [1.165, 1.54) is 18.4 Å². The first-order valence-corrected chi connectivity index (χ1v) is 11.6. The lowest BCUT2D eigenvalue weighted by atomic mass is 10.0. The van der Waals surface area contributed by atoms with Crippen LogP contribution in [0.15, 0.2) is 54.7 Å². The fourth-order valence-electron chi connectivity index (χ4n) is 4.31. The third-order valence-corrected chi connectivity index (χ3v) is 6.12. The van der Waals surface area contributed by atoms with Crippen molar-refractivity contribution in [2.24, 2.45) is 0 Å². The van der Waals surface area contributed by atoms with Gasteiger partial charge in [0.05, 0.1) is 22.9 Å². The van der Waals surface area contributed by atoms with Gasteiger partial charge in [-0.05, 0) is 44.4 Å². The molecule has 3 aromatic rings. The average molecular weight is 440 g/mol. The highest BCUT2D eigenvalue weighted by Gasteiger charge is 2.23. The minimum absolute atomic E-state index is 0.106. The summed E-state index contributed by atoms with van der Waals surface area (Å²) >= 11 is 0. The molecule has 0 atom stereocenters. The zero-order valence-corrected chi connectivity index (χ0v) is 19.2. The number of nitrogens with zero attached hydrogens (tertiary/aromatic N) is 4. The number of rotatable bonds is 7. The van der Waals surface area contributed by atoms with E-state index < -0.39 is 0 Å². The van der Waals surface area contributed by atoms with Crippen molar-refractivity contribution >= 4 is 11.9 Å². The highest BCUT2D eigenvalue weighted by molar-refractivity contribution is 5.99. The molecule has 0 spiro atoms. The van der Waals surface area contributed by atoms with E-state index in [-0.39, 0.29) is 5.91 Å². The van der Waals surface area contributed by atoms with Gasteiger partial charge in [-0.3, -0.25) is 4.79 Å². The van der Waals surface area contributed by atoms with Gasteiger partial charge in [-0.2, -0.15) is 5.26 Å². The number of aryl methyl sites for hydroxylation is 1. The number of hydrogen-bond donors (Lipinski definition) is 1. The molecule has 4 rings (SSSR count). The van der Waals surface area contributed by atoms with Gasteiger partial charge in [0.2, 0.25) is 5.95 Å². The van der Waals surface area contributed by atoms with Crippen LogP contribution >= 0.6 is 0 Å². The Morgan fingerprint density at radius 3 is 2.61 bits per heavy atom. The van der Waals surface area contributed by atoms with Crippen LogP contribution in [0.5, 0.6) is 0 Å². The minimum Gasteiger partial charge on any atom is -0.351 e. The number of carbonyl (C=O) groups excluding carboxylic acids is 1. The molecule has 0 radical (unpaired) electrons. The standard InChI is InChI=1S/C27H29N5O/c1-3-32(18-21-8-6-7-19(2)15-21)26(33)24-17-29-27(30-23-9-4-5-10-23)31-25(24)22-13-11-20(16-28)12-14-22/h6-8,11-15,17,23H,3-5,9-10,18H2,1-2H3,(H,29,30,31). The Morgan fingerprint density at radius 2 is 1.94 bits per heavy atom. The van der Waals surface area contributed by atoms with Crippen LogP contribution in [0.2, 0.25) is 0 Å². The second-order valence-electron chi connectivity index (χ2n) is 8.58. The summed E-state index contributed by atoms with van der Waals surface area (Å²) in [6.45, 7) is 5.12. The molecule has 33 heavy (non-hydrogen) atoms. The molecule has 1 N–H and O–H groups in total. The molecule has 1 amide bonds. The van der Waals surface area contributed by atoms with Crippen LogP contribution in [0.25, 0.3) is 11.3 Å². The van der Waals surface area contributed by atoms with Gasteiger partial charge in [0.15, 0.2) is 0 Å². The van der Waals surface area contributed by atoms with Gasteiger partial charge in [0, 0.05) is 30.9 Å². The third kappa shape index (κ3) is 5.38. The average Bonchev–Trinajstić information content (AvgIpc) is 3.35. The van der Waals surface area contributed by atoms with E-state index in [2.05, 4.69) is 35.4 Å². The van der Waals surface area contributed by atoms with E-state index in [1.807, 2.05) is 36.1 Å². The fourth-order valence-corrected chi connectivity index (χ4v) is 4.31. The maximum Gasteiger partial charge on any atom is 0.257 e. The Bertz CT molecular complexity index is 1160. The maximum atomic E-state index is 13.6. The molecule has 0 aliphatic heterocycles. The molecule has 1 fully saturated rings. The molecule has 2 aromatic carbocycles. The van der Waals surface area contributed by atoms with Crippen molar-refractivity contribution in [3.8, 4) is 17.3 Å². The minimum atomic E-state index is -0.106. The molecule has 168 valence electrons. The summed E-state index contributed by atoms with van der Waals surface area (Å²) in [6, 6.07) is 17.9. The predicted molar refractivity (Wildman–Crippen MR) is 130 cm³/mol. The highest BCUT2D eigenvalue weighted by Crippen LogP contribution is 2.27. The number of benzene rings is 2. The molecular weight excluding hydrogens is 410 g/mol. The second kappa shape index (κ2) is 10.3. The maximum absolute atomic E-state index is 13.6. The zero-order chi connectivity index (χ0) is 23.2. The van der Waals surface area contributed by atoms with Crippen LogP contribution < -0.4 is 5.32 Å². The molecule has 6 nitrogen and oxygen atoms in total. The normalized spacial score (nSPS) is 13.5. The van der Waals surface area contributed by atoms with Gasteiger partial charge >= 0.3 is 0 Å². The van der Waals surface area contributed by atoms with Crippen molar-refractivity contribution in [3.63, 3.8) is 0 Å². The summed E-state index contributed by atoms with van der Waals surface area (Å²) < 4.78 is 0. The lowest BCUT2D eigenvalue weighted by molar-refractivity contribution is 0.0752. The quantitative estimate of drug-likeness (QED) is 0.537. The Morgan fingerprint density at radius 1 is 1.18 bits per heavy atom. The van der Waals surface area contributed by atoms with Gasteiger partial charge in [0.1, 0.15) is 0 Å². The van der Waals surface area contributed by atoms with E-state index in [0.29, 0.717) is 41.9 Å². The lowest BCUT2D eigenvalue weighted by Crippen LogP contribution is -2.31. The Balaban J connectivity index is 1.68. The highest BCUT2D eigenvalue weighted by atomic mass is 16.2. The number of aromatic nitrogens is 2. The zero-order valence-electron chi connectivity index (χ0n) is 19.2. The van der Waals surface area contributed by atoms with Crippen molar-refractivity contribution < 1.29 is 4.79 Å². The molecule has 0 unspecified atom stereocenters. The van der Waals surface area contributed by atoms with Gasteiger partial charge in [-0.25, -0.2) is 9.97 Å². The number of carbonyl (C=O) groups is 1. The SMILES string of the molecule is CCN(Cc1cccc(C)c1)C(=O)c1cnc(NC2CCCC2)nc1-c1ccc(C#N)cc1. The van der Waals surface area contributed by atoms with Crippen LogP contribution in [-0.2, 0) is 6.54 Å². The van der Waals surface area contributed by atoms with Crippen molar-refractivity contribution in [1.29, 1.82) is 5.26 Å². The summed E-state index contributed by atoms with van der Waals surface area (Å²) in [5, 5.41) is 12.6. The Hall–Kier alpha value is -3.72. The number of hydrogen-bond acceptors (Lipinski definition) is 5. The number of amides is 1. The smallest absolute Gasteiger partial charge is 0.257 e. The van der Waals surface area contributed by atoms with E-state index in [0.717, 1.165) is 24.0 Å². The van der Waals surface area contributed by atoms with E-state index >= 15 is 0 Å². The third-order valence-electron chi connectivity index (χ3n) is 6.12. The molecule has 1 aliphatic carbocycles. The molecular formula is C27H29N5O. The van der Waals surface area contributed by atoms with Crippen LogP contribution in [0.4, 0.5) is 5.95 Å². The first-order valence-electron chi connectivity index (χ1n) is 11.6. The Labute approximate surface area is 195 Å².